The van der Waals surface area contributed by atoms with Gasteiger partial charge in [0.1, 0.15) is 22.3 Å². The van der Waals surface area contributed by atoms with Crippen LogP contribution >= 0.6 is 0 Å². The zero-order chi connectivity index (χ0) is 31.8. The lowest BCUT2D eigenvalue weighted by Crippen LogP contribution is -2.09. The average molecular weight is 619 g/mol. The number of para-hydroxylation sites is 4. The van der Waals surface area contributed by atoms with Gasteiger partial charge < -0.3 is 18.3 Å². The molecule has 226 valence electrons. The summed E-state index contributed by atoms with van der Waals surface area (Å²) in [6, 6.07) is 53.4. The standard InChI is InChI=1S/C43H26N2O3/c46-43-35-24-30(20-22-40(35)48-42-25-34-32-16-8-10-18-39(32)47-41(34)26-36(42)43)45-37-17-9-7-15-31(37)33-23-29(19-21-38(33)45)44(27-11-3-1-4-12-27)28-13-5-2-6-14-28/h1-26H. The van der Waals surface area contributed by atoms with Crippen molar-refractivity contribution in [3.8, 4) is 5.69 Å². The first-order valence-electron chi connectivity index (χ1n) is 16.0. The zero-order valence-corrected chi connectivity index (χ0v) is 25.6. The summed E-state index contributed by atoms with van der Waals surface area (Å²) in [6.07, 6.45) is 0. The molecule has 0 saturated heterocycles. The first-order chi connectivity index (χ1) is 23.7. The molecule has 0 N–H and O–H groups in total. The Morgan fingerprint density at radius 2 is 0.979 bits per heavy atom. The maximum absolute atomic E-state index is 14.1. The lowest BCUT2D eigenvalue weighted by Gasteiger charge is -2.25. The highest BCUT2D eigenvalue weighted by Gasteiger charge is 2.19. The number of rotatable bonds is 4. The monoisotopic (exact) mass is 618 g/mol. The summed E-state index contributed by atoms with van der Waals surface area (Å²) < 4.78 is 14.7. The number of furan rings is 1. The van der Waals surface area contributed by atoms with Gasteiger partial charge in [0.2, 0.25) is 5.43 Å². The molecule has 0 fully saturated rings. The molecule has 48 heavy (non-hydrogen) atoms. The lowest BCUT2D eigenvalue weighted by molar-refractivity contribution is 0.657. The van der Waals surface area contributed by atoms with E-state index in [9.17, 15) is 4.79 Å². The van der Waals surface area contributed by atoms with Crippen LogP contribution in [0.2, 0.25) is 0 Å². The Morgan fingerprint density at radius 3 is 1.75 bits per heavy atom. The number of hydrogen-bond donors (Lipinski definition) is 0. The largest absolute Gasteiger partial charge is 0.456 e. The van der Waals surface area contributed by atoms with E-state index in [4.69, 9.17) is 8.83 Å². The minimum atomic E-state index is -0.0835. The number of fused-ring (bicyclic) bond motifs is 8. The third-order valence-electron chi connectivity index (χ3n) is 9.35. The van der Waals surface area contributed by atoms with Crippen LogP contribution in [0.15, 0.2) is 171 Å². The van der Waals surface area contributed by atoms with Crippen molar-refractivity contribution in [3.05, 3.63) is 168 Å². The second-order valence-corrected chi connectivity index (χ2v) is 12.1. The second kappa shape index (κ2) is 10.2. The highest BCUT2D eigenvalue weighted by atomic mass is 16.3. The summed E-state index contributed by atoms with van der Waals surface area (Å²) in [6.45, 7) is 0. The van der Waals surface area contributed by atoms with Crippen LogP contribution in [-0.2, 0) is 0 Å². The van der Waals surface area contributed by atoms with Gasteiger partial charge in [0.05, 0.1) is 21.8 Å². The normalized spacial score (nSPS) is 11.8. The zero-order valence-electron chi connectivity index (χ0n) is 25.6. The van der Waals surface area contributed by atoms with E-state index in [2.05, 4.69) is 100 Å². The van der Waals surface area contributed by atoms with Crippen LogP contribution < -0.4 is 10.3 Å². The molecule has 3 heterocycles. The highest BCUT2D eigenvalue weighted by Crippen LogP contribution is 2.40. The Labute approximate surface area is 274 Å². The van der Waals surface area contributed by atoms with Gasteiger partial charge in [0.15, 0.2) is 0 Å². The third kappa shape index (κ3) is 3.94. The second-order valence-electron chi connectivity index (χ2n) is 12.1. The van der Waals surface area contributed by atoms with Gasteiger partial charge in [-0.3, -0.25) is 4.79 Å². The molecule has 0 atom stereocenters. The van der Waals surface area contributed by atoms with Gasteiger partial charge in [0.25, 0.3) is 0 Å². The molecule has 0 saturated carbocycles. The molecule has 5 nitrogen and oxygen atoms in total. The van der Waals surface area contributed by atoms with E-state index in [0.717, 1.165) is 60.9 Å². The van der Waals surface area contributed by atoms with E-state index >= 15 is 0 Å². The maximum atomic E-state index is 14.1. The van der Waals surface area contributed by atoms with Crippen molar-refractivity contribution in [3.63, 3.8) is 0 Å². The van der Waals surface area contributed by atoms with Gasteiger partial charge in [-0.1, -0.05) is 72.8 Å². The molecule has 5 heteroatoms. The van der Waals surface area contributed by atoms with Crippen molar-refractivity contribution in [2.45, 2.75) is 0 Å². The first kappa shape index (κ1) is 26.6. The van der Waals surface area contributed by atoms with Gasteiger partial charge in [-0.15, -0.1) is 0 Å². The Bertz CT molecular complexity index is 2880. The highest BCUT2D eigenvalue weighted by molar-refractivity contribution is 6.12. The molecule has 0 amide bonds. The van der Waals surface area contributed by atoms with Gasteiger partial charge in [-0.25, -0.2) is 0 Å². The van der Waals surface area contributed by atoms with E-state index in [1.54, 1.807) is 0 Å². The number of aromatic nitrogens is 1. The first-order valence-corrected chi connectivity index (χ1v) is 16.0. The molecule has 0 spiro atoms. The van der Waals surface area contributed by atoms with Crippen LogP contribution in [-0.4, -0.2) is 4.57 Å². The fourth-order valence-electron chi connectivity index (χ4n) is 7.18. The summed E-state index contributed by atoms with van der Waals surface area (Å²) >= 11 is 0. The van der Waals surface area contributed by atoms with Crippen LogP contribution in [0, 0.1) is 0 Å². The average Bonchev–Trinajstić information content (AvgIpc) is 3.67. The topological polar surface area (TPSA) is 51.5 Å². The molecule has 7 aromatic carbocycles. The van der Waals surface area contributed by atoms with Gasteiger partial charge >= 0.3 is 0 Å². The van der Waals surface area contributed by atoms with Crippen molar-refractivity contribution in [1.82, 2.24) is 4.57 Å². The summed E-state index contributed by atoms with van der Waals surface area (Å²) in [4.78, 5) is 16.3. The molecule has 0 aliphatic carbocycles. The SMILES string of the molecule is O=c1c2cc(-n3c4ccccc4c4cc(N(c5ccccc5)c5ccccc5)ccc43)ccc2oc2cc3c(cc12)oc1ccccc13. The van der Waals surface area contributed by atoms with Crippen LogP contribution in [0.1, 0.15) is 0 Å². The molecule has 10 aromatic rings. The van der Waals surface area contributed by atoms with Crippen molar-refractivity contribution in [2.75, 3.05) is 4.90 Å². The Balaban J connectivity index is 1.18. The minimum Gasteiger partial charge on any atom is -0.456 e. The molecule has 0 bridgehead atoms. The lowest BCUT2D eigenvalue weighted by atomic mass is 10.1. The van der Waals surface area contributed by atoms with Gasteiger partial charge in [0, 0.05) is 44.3 Å². The number of anilines is 3. The molecule has 0 aliphatic heterocycles. The third-order valence-corrected chi connectivity index (χ3v) is 9.35. The molecule has 0 aliphatic rings. The van der Waals surface area contributed by atoms with E-state index in [1.807, 2.05) is 66.7 Å². The van der Waals surface area contributed by atoms with Crippen molar-refractivity contribution < 1.29 is 8.83 Å². The van der Waals surface area contributed by atoms with Crippen LogP contribution in [0.4, 0.5) is 17.1 Å². The van der Waals surface area contributed by atoms with Crippen LogP contribution in [0.5, 0.6) is 0 Å². The van der Waals surface area contributed by atoms with Crippen molar-refractivity contribution in [2.24, 2.45) is 0 Å². The predicted molar refractivity (Wildman–Crippen MR) is 196 cm³/mol. The summed E-state index contributed by atoms with van der Waals surface area (Å²) in [7, 11) is 0. The van der Waals surface area contributed by atoms with Gasteiger partial charge in [-0.2, -0.15) is 0 Å². The van der Waals surface area contributed by atoms with Crippen molar-refractivity contribution in [1.29, 1.82) is 0 Å². The van der Waals surface area contributed by atoms with E-state index in [-0.39, 0.29) is 5.43 Å². The van der Waals surface area contributed by atoms with Gasteiger partial charge in [-0.05, 0) is 84.9 Å². The number of nitrogens with zero attached hydrogens (tertiary/aromatic N) is 2. The van der Waals surface area contributed by atoms with Crippen LogP contribution in [0.25, 0.3) is 71.4 Å². The fraction of sp³-hybridized carbons (Fsp3) is 0. The molecule has 0 unspecified atom stereocenters. The molecule has 10 rings (SSSR count). The smallest absolute Gasteiger partial charge is 0.200 e. The molecule has 3 aromatic heterocycles. The Kier molecular flexibility index (Phi) is 5.66. The number of benzene rings is 7. The van der Waals surface area contributed by atoms with E-state index in [0.29, 0.717) is 27.5 Å². The molecular weight excluding hydrogens is 592 g/mol. The fourth-order valence-corrected chi connectivity index (χ4v) is 7.18. The summed E-state index contributed by atoms with van der Waals surface area (Å²) in [5.74, 6) is 0. The Hall–Kier alpha value is -6.59. The Morgan fingerprint density at radius 1 is 0.396 bits per heavy atom. The summed E-state index contributed by atoms with van der Waals surface area (Å²) in [5, 5.41) is 5.21. The van der Waals surface area contributed by atoms with E-state index < -0.39 is 0 Å². The van der Waals surface area contributed by atoms with Crippen LogP contribution in [0.3, 0.4) is 0 Å². The molecule has 0 radical (unpaired) electrons. The predicted octanol–water partition coefficient (Wildman–Crippen LogP) is 11.4. The van der Waals surface area contributed by atoms with E-state index in [1.165, 1.54) is 0 Å². The van der Waals surface area contributed by atoms with Crippen molar-refractivity contribution >= 4 is 82.7 Å². The number of hydrogen-bond acceptors (Lipinski definition) is 4. The quantitative estimate of drug-likeness (QED) is 0.184. The summed E-state index contributed by atoms with van der Waals surface area (Å²) in [5.41, 5.74) is 8.69. The molecular formula is C43H26N2O3. The minimum absolute atomic E-state index is 0.0835. The maximum Gasteiger partial charge on any atom is 0.200 e.